The largest absolute Gasteiger partial charge is 1.00 e. The van der Waals surface area contributed by atoms with E-state index in [-0.39, 0.29) is 44.8 Å². The number of hydrogen-bond acceptors (Lipinski definition) is 0. The second-order valence-corrected chi connectivity index (χ2v) is 0.250. The fourth-order valence-corrected chi connectivity index (χ4v) is 0. The maximum atomic E-state index is 5.90. The van der Waals surface area contributed by atoms with Gasteiger partial charge >= 0.3 is 44.8 Å². The molecule has 0 aliphatic rings. The molecular formula is C4Ag2. The zero-order valence-corrected chi connectivity index (χ0v) is 5.57. The molecule has 0 radical (unpaired) electrons. The van der Waals surface area contributed by atoms with Crippen molar-refractivity contribution in [2.75, 3.05) is 0 Å². The third-order valence-electron chi connectivity index (χ3n) is 0.0625. The minimum Gasteiger partial charge on any atom is -0.500 e. The molecule has 0 amide bonds. The average molecular weight is 264 g/mol. The summed E-state index contributed by atoms with van der Waals surface area (Å²) in [4.78, 5) is 0. The topological polar surface area (TPSA) is 0 Å². The van der Waals surface area contributed by atoms with Gasteiger partial charge in [0.2, 0.25) is 0 Å². The quantitative estimate of drug-likeness (QED) is 0.332. The van der Waals surface area contributed by atoms with Crippen molar-refractivity contribution in [2.24, 2.45) is 0 Å². The van der Waals surface area contributed by atoms with Gasteiger partial charge in [-0.3, -0.25) is 0 Å². The summed E-state index contributed by atoms with van der Waals surface area (Å²) >= 11 is 0. The van der Waals surface area contributed by atoms with Crippen LogP contribution >= 0.6 is 0 Å². The van der Waals surface area contributed by atoms with Crippen LogP contribution in [0.2, 0.25) is 0 Å². The van der Waals surface area contributed by atoms with E-state index in [9.17, 15) is 0 Å². The fraction of sp³-hybridized carbons (Fsp3) is 0. The van der Waals surface area contributed by atoms with Gasteiger partial charge in [0, 0.05) is 0 Å². The molecule has 0 bridgehead atoms. The van der Waals surface area contributed by atoms with Crippen LogP contribution < -0.4 is 0 Å². The monoisotopic (exact) mass is 262 g/mol. The molecule has 0 aromatic carbocycles. The molecule has 0 saturated heterocycles. The van der Waals surface area contributed by atoms with Crippen molar-refractivity contribution in [3.63, 3.8) is 0 Å². The molecule has 0 saturated carbocycles. The molecule has 0 aromatic heterocycles. The Balaban J connectivity index is -0.0000000450. The van der Waals surface area contributed by atoms with Crippen LogP contribution in [0.15, 0.2) is 0 Å². The first-order chi connectivity index (χ1) is 1.91. The summed E-state index contributed by atoms with van der Waals surface area (Å²) < 4.78 is 0. The molecule has 0 heterocycles. The van der Waals surface area contributed by atoms with Crippen molar-refractivity contribution in [1.29, 1.82) is 0 Å². The van der Waals surface area contributed by atoms with E-state index in [1.807, 2.05) is 0 Å². The Morgan fingerprint density at radius 2 is 1.00 bits per heavy atom. The Bertz CT molecular complexity index is 60.5. The summed E-state index contributed by atoms with van der Waals surface area (Å²) in [6, 6.07) is 0. The van der Waals surface area contributed by atoms with Gasteiger partial charge in [0.25, 0.3) is 0 Å². The maximum absolute atomic E-state index is 5.90. The van der Waals surface area contributed by atoms with Gasteiger partial charge < -0.3 is 24.7 Å². The molecule has 0 fully saturated rings. The van der Waals surface area contributed by atoms with E-state index in [0.717, 1.165) is 0 Å². The standard InChI is InChI=1S/C4.2Ag/c1-3-4-2;;/q-2;2*+1. The Labute approximate surface area is 69.1 Å². The van der Waals surface area contributed by atoms with Gasteiger partial charge in [-0.25, -0.2) is 0 Å². The summed E-state index contributed by atoms with van der Waals surface area (Å²) in [6.45, 7) is 0. The van der Waals surface area contributed by atoms with Gasteiger partial charge in [0.05, 0.1) is 0 Å². The predicted octanol–water partition coefficient (Wildman–Crippen LogP) is 0.161. The van der Waals surface area contributed by atoms with Crippen LogP contribution in [0.1, 0.15) is 0 Å². The zero-order valence-electron chi connectivity index (χ0n) is 2.60. The number of hydrogen-bond donors (Lipinski definition) is 0. The van der Waals surface area contributed by atoms with Gasteiger partial charge in [-0.05, 0) is 0 Å². The van der Waals surface area contributed by atoms with Crippen molar-refractivity contribution in [3.8, 4) is 11.8 Å². The van der Waals surface area contributed by atoms with E-state index in [4.69, 9.17) is 12.8 Å². The van der Waals surface area contributed by atoms with Crippen LogP contribution in [0.4, 0.5) is 0 Å². The molecule has 0 aliphatic carbocycles. The van der Waals surface area contributed by atoms with Crippen molar-refractivity contribution in [3.05, 3.63) is 12.8 Å². The second kappa shape index (κ2) is 17.5. The first-order valence-electron chi connectivity index (χ1n) is 0.750. The van der Waals surface area contributed by atoms with Crippen LogP contribution in [0.3, 0.4) is 0 Å². The molecule has 2 heteroatoms. The number of rotatable bonds is 0. The minimum atomic E-state index is 0. The van der Waals surface area contributed by atoms with Crippen molar-refractivity contribution >= 4 is 0 Å². The minimum absolute atomic E-state index is 0. The molecule has 0 rings (SSSR count). The van der Waals surface area contributed by atoms with Crippen LogP contribution in [-0.2, 0) is 44.8 Å². The van der Waals surface area contributed by atoms with Crippen LogP contribution in [0.25, 0.3) is 0 Å². The van der Waals surface area contributed by atoms with Crippen LogP contribution in [-0.4, -0.2) is 0 Å². The molecule has 0 nitrogen and oxygen atoms in total. The summed E-state index contributed by atoms with van der Waals surface area (Å²) in [7, 11) is 0. The van der Waals surface area contributed by atoms with E-state index in [1.165, 1.54) is 0 Å². The van der Waals surface area contributed by atoms with E-state index in [1.54, 1.807) is 11.8 Å². The Hall–Kier alpha value is 0.601. The van der Waals surface area contributed by atoms with Crippen molar-refractivity contribution < 1.29 is 44.8 Å². The van der Waals surface area contributed by atoms with Gasteiger partial charge in [-0.1, -0.05) is 0 Å². The summed E-state index contributed by atoms with van der Waals surface area (Å²) in [5.41, 5.74) is 0. The van der Waals surface area contributed by atoms with E-state index in [0.29, 0.717) is 0 Å². The smallest absolute Gasteiger partial charge is 0.500 e. The van der Waals surface area contributed by atoms with Crippen LogP contribution in [0.5, 0.6) is 0 Å². The SMILES string of the molecule is [Ag+].[Ag+].[C-]#CC#[C-]. The van der Waals surface area contributed by atoms with E-state index < -0.39 is 0 Å². The summed E-state index contributed by atoms with van der Waals surface area (Å²) in [5.74, 6) is 3.19. The average Bonchev–Trinajstić information content (AvgIpc) is 1.37. The van der Waals surface area contributed by atoms with Gasteiger partial charge in [0.1, 0.15) is 0 Å². The molecule has 38 valence electrons. The fourth-order valence-electron chi connectivity index (χ4n) is 0. The Morgan fingerprint density at radius 3 is 1.00 bits per heavy atom. The van der Waals surface area contributed by atoms with E-state index in [2.05, 4.69) is 0 Å². The van der Waals surface area contributed by atoms with E-state index >= 15 is 0 Å². The predicted molar refractivity (Wildman–Crippen MR) is 14.3 cm³/mol. The second-order valence-electron chi connectivity index (χ2n) is 0.250. The molecular weight excluding hydrogens is 264 g/mol. The molecule has 0 aliphatic heterocycles. The summed E-state index contributed by atoms with van der Waals surface area (Å²) in [5, 5.41) is 0. The third-order valence-corrected chi connectivity index (χ3v) is 0.0625. The molecule has 0 N–H and O–H groups in total. The zero-order chi connectivity index (χ0) is 3.41. The molecule has 6 heavy (non-hydrogen) atoms. The molecule has 0 spiro atoms. The summed E-state index contributed by atoms with van der Waals surface area (Å²) in [6.07, 6.45) is 11.8. The molecule has 0 atom stereocenters. The molecule has 0 unspecified atom stereocenters. The normalized spacial score (nSPS) is 1.67. The van der Waals surface area contributed by atoms with Gasteiger partial charge in [-0.2, -0.15) is 0 Å². The maximum Gasteiger partial charge on any atom is 1.00 e. The van der Waals surface area contributed by atoms with Crippen LogP contribution in [0, 0.1) is 24.7 Å². The first-order valence-corrected chi connectivity index (χ1v) is 0.750. The van der Waals surface area contributed by atoms with Gasteiger partial charge in [-0.15, -0.1) is 0 Å². The Kier molecular flexibility index (Phi) is 46.7. The van der Waals surface area contributed by atoms with Crippen molar-refractivity contribution in [1.82, 2.24) is 0 Å². The Morgan fingerprint density at radius 1 is 0.833 bits per heavy atom. The third kappa shape index (κ3) is 23.3. The van der Waals surface area contributed by atoms with Gasteiger partial charge in [0.15, 0.2) is 0 Å². The molecule has 0 aromatic rings. The first kappa shape index (κ1) is 16.0. The van der Waals surface area contributed by atoms with Crippen molar-refractivity contribution in [2.45, 2.75) is 0 Å².